The molecule has 2 aromatic carbocycles. The minimum absolute atomic E-state index is 0.0308. The van der Waals surface area contributed by atoms with E-state index in [1.807, 2.05) is 42.5 Å². The Kier molecular flexibility index (Phi) is 9.34. The first-order valence-electron chi connectivity index (χ1n) is 17.8. The molecule has 0 aromatic heterocycles. The van der Waals surface area contributed by atoms with Gasteiger partial charge in [-0.05, 0) is 72.9 Å². The van der Waals surface area contributed by atoms with Crippen molar-refractivity contribution in [1.82, 2.24) is 0 Å². The molecule has 53 heavy (non-hydrogen) atoms. The maximum absolute atomic E-state index is 17.9. The number of carbonyl (C=O) groups is 4. The molecule has 0 amide bonds. The van der Waals surface area contributed by atoms with Gasteiger partial charge < -0.3 is 35.3 Å². The van der Waals surface area contributed by atoms with Gasteiger partial charge in [0.2, 0.25) is 5.78 Å². The van der Waals surface area contributed by atoms with E-state index >= 15 is 8.78 Å². The van der Waals surface area contributed by atoms with Crippen molar-refractivity contribution in [2.75, 3.05) is 6.61 Å². The van der Waals surface area contributed by atoms with Gasteiger partial charge >= 0.3 is 11.9 Å². The van der Waals surface area contributed by atoms with Gasteiger partial charge in [0.15, 0.2) is 29.9 Å². The third kappa shape index (κ3) is 5.70. The summed E-state index contributed by atoms with van der Waals surface area (Å²) in [6.45, 7) is 2.24. The van der Waals surface area contributed by atoms with Crippen LogP contribution in [0.5, 0.6) is 0 Å². The first kappa shape index (κ1) is 37.2. The Balaban J connectivity index is 1.23. The molecule has 13 heteroatoms. The lowest BCUT2D eigenvalue weighted by atomic mass is 9.44. The normalized spacial score (nSPS) is 37.5. The topological polar surface area (TPSA) is 183 Å². The number of esters is 1. The third-order valence-electron chi connectivity index (χ3n) is 12.7. The van der Waals surface area contributed by atoms with Crippen molar-refractivity contribution in [3.8, 4) is 0 Å². The number of carbonyl (C=O) groups excluding carboxylic acids is 3. The monoisotopic (exact) mass is 735 g/mol. The predicted molar refractivity (Wildman–Crippen MR) is 183 cm³/mol. The number of allylic oxidation sites excluding steroid dienone is 4. The van der Waals surface area contributed by atoms with E-state index in [0.717, 1.165) is 22.8 Å². The second-order valence-corrected chi connectivity index (χ2v) is 15.5. The number of nitrogens with two attached hydrogens (primary N) is 1. The standard InChI is InChI=1S/C40H43F2NO10/c1-37-11-10-25(45)14-28(37)29(41)15-27-26-16-33-40(38(26,2)18-31(46)39(27,37)42,32(47)20-51-35(50)30(43)17-34(48)49)53-36(52-33)24-5-3-4-23(13-24)12-21-6-8-22(19-44)9-7-21/h3-11,13-14,26-27,29-31,33,36,44,46H,12,15-20,43H2,1-2H3,(H,48,49)/t26-,27-,29-,30-,31-,33+,36+,37-,38-,39-,40+/m0/s1. The SMILES string of the molecule is C[C@]12C=CC(=O)C=C1[C@@H](F)C[C@H]1[C@@H]3C[C@H]4O[C@@H](c5cccc(Cc6ccc(CO)cc6)c5)O[C@@]4(C(=O)COC(=O)[C@@H](N)CC(=O)O)[C@@]3(C)C[C@H](O)[C@@]12F. The van der Waals surface area contributed by atoms with Gasteiger partial charge in [-0.2, -0.15) is 0 Å². The van der Waals surface area contributed by atoms with Crippen LogP contribution in [0.2, 0.25) is 0 Å². The lowest BCUT2D eigenvalue weighted by Crippen LogP contribution is -2.70. The maximum atomic E-state index is 17.9. The molecule has 0 unspecified atom stereocenters. The highest BCUT2D eigenvalue weighted by Gasteiger charge is 2.80. The first-order valence-corrected chi connectivity index (χ1v) is 17.8. The Morgan fingerprint density at radius 2 is 1.77 bits per heavy atom. The number of halogens is 2. The number of aliphatic carboxylic acids is 1. The fraction of sp³-hybridized carbons (Fsp3) is 0.500. The number of Topliss-reactive ketones (excluding diaryl/α,β-unsaturated/α-hetero) is 1. The fourth-order valence-corrected chi connectivity index (χ4v) is 10.1. The molecule has 282 valence electrons. The van der Waals surface area contributed by atoms with Crippen molar-refractivity contribution >= 4 is 23.5 Å². The summed E-state index contributed by atoms with van der Waals surface area (Å²) in [5.41, 5.74) is 1.59. The largest absolute Gasteiger partial charge is 0.481 e. The van der Waals surface area contributed by atoms with Gasteiger partial charge in [0.05, 0.1) is 25.2 Å². The highest BCUT2D eigenvalue weighted by molar-refractivity contribution is 6.01. The molecule has 11 nitrogen and oxygen atoms in total. The summed E-state index contributed by atoms with van der Waals surface area (Å²) < 4.78 is 52.4. The number of hydrogen-bond acceptors (Lipinski definition) is 10. The molecule has 3 saturated carbocycles. The van der Waals surface area contributed by atoms with E-state index in [0.29, 0.717) is 12.0 Å². The Morgan fingerprint density at radius 3 is 2.47 bits per heavy atom. The number of rotatable bonds is 10. The summed E-state index contributed by atoms with van der Waals surface area (Å²) in [6, 6.07) is 13.3. The van der Waals surface area contributed by atoms with E-state index in [1.54, 1.807) is 13.0 Å². The molecular weight excluding hydrogens is 692 g/mol. The van der Waals surface area contributed by atoms with Gasteiger partial charge in [-0.15, -0.1) is 0 Å². The highest BCUT2D eigenvalue weighted by atomic mass is 19.1. The van der Waals surface area contributed by atoms with Gasteiger partial charge in [-0.3, -0.25) is 19.2 Å². The van der Waals surface area contributed by atoms with Gasteiger partial charge in [-0.25, -0.2) is 8.78 Å². The summed E-state index contributed by atoms with van der Waals surface area (Å²) in [4.78, 5) is 50.6. The number of ether oxygens (including phenoxy) is 3. The Morgan fingerprint density at radius 1 is 1.06 bits per heavy atom. The lowest BCUT2D eigenvalue weighted by Gasteiger charge is -2.63. The van der Waals surface area contributed by atoms with Crippen LogP contribution in [0.25, 0.3) is 0 Å². The molecule has 4 fully saturated rings. The number of alkyl halides is 2. The van der Waals surface area contributed by atoms with E-state index in [2.05, 4.69) is 0 Å². The van der Waals surface area contributed by atoms with Crippen molar-refractivity contribution < 1.29 is 57.5 Å². The number of benzene rings is 2. The van der Waals surface area contributed by atoms with E-state index in [1.165, 1.54) is 19.1 Å². The predicted octanol–water partition coefficient (Wildman–Crippen LogP) is 3.77. The van der Waals surface area contributed by atoms with E-state index in [9.17, 15) is 29.4 Å². The van der Waals surface area contributed by atoms with Crippen LogP contribution < -0.4 is 5.73 Å². The number of carboxylic acids is 1. The van der Waals surface area contributed by atoms with Crippen LogP contribution in [-0.4, -0.2) is 81.1 Å². The van der Waals surface area contributed by atoms with Crippen LogP contribution in [0.1, 0.15) is 68.1 Å². The summed E-state index contributed by atoms with van der Waals surface area (Å²) >= 11 is 0. The van der Waals surface area contributed by atoms with E-state index < -0.39 is 101 Å². The zero-order valence-electron chi connectivity index (χ0n) is 29.4. The molecule has 2 aromatic rings. The zero-order valence-corrected chi connectivity index (χ0v) is 29.4. The van der Waals surface area contributed by atoms with Crippen LogP contribution in [0, 0.1) is 22.7 Å². The molecule has 7 rings (SSSR count). The second-order valence-electron chi connectivity index (χ2n) is 15.5. The molecular formula is C40H43F2NO10. The molecule has 1 heterocycles. The average molecular weight is 736 g/mol. The number of hydrogen-bond donors (Lipinski definition) is 4. The van der Waals surface area contributed by atoms with Crippen LogP contribution in [0.4, 0.5) is 8.78 Å². The molecule has 5 N–H and O–H groups in total. The molecule has 1 aliphatic heterocycles. The lowest BCUT2D eigenvalue weighted by molar-refractivity contribution is -0.235. The molecule has 5 aliphatic rings. The van der Waals surface area contributed by atoms with Crippen LogP contribution >= 0.6 is 0 Å². The maximum Gasteiger partial charge on any atom is 0.323 e. The Bertz CT molecular complexity index is 1900. The van der Waals surface area contributed by atoms with Gasteiger partial charge in [-0.1, -0.05) is 61.5 Å². The van der Waals surface area contributed by atoms with Crippen LogP contribution in [0.3, 0.4) is 0 Å². The van der Waals surface area contributed by atoms with Crippen molar-refractivity contribution in [1.29, 1.82) is 0 Å². The summed E-state index contributed by atoms with van der Waals surface area (Å²) in [7, 11) is 0. The first-order chi connectivity index (χ1) is 25.1. The fourth-order valence-electron chi connectivity index (χ4n) is 10.1. The number of ketones is 2. The van der Waals surface area contributed by atoms with Crippen LogP contribution in [0.15, 0.2) is 72.3 Å². The minimum Gasteiger partial charge on any atom is -0.481 e. The smallest absolute Gasteiger partial charge is 0.323 e. The van der Waals surface area contributed by atoms with Gasteiger partial charge in [0.25, 0.3) is 0 Å². The number of aliphatic hydroxyl groups excluding tert-OH is 2. The average Bonchev–Trinajstić information content (AvgIpc) is 3.62. The number of fused-ring (bicyclic) bond motifs is 7. The molecule has 0 radical (unpaired) electrons. The molecule has 0 bridgehead atoms. The molecule has 11 atom stereocenters. The number of aliphatic hydroxyl groups is 2. The van der Waals surface area contributed by atoms with Crippen molar-refractivity contribution in [2.24, 2.45) is 28.4 Å². The quantitative estimate of drug-likeness (QED) is 0.261. The number of carboxylic acid groups (broad SMARTS) is 1. The zero-order chi connectivity index (χ0) is 38.1. The molecule has 4 aliphatic carbocycles. The van der Waals surface area contributed by atoms with Gasteiger partial charge in [0.1, 0.15) is 12.2 Å². The molecule has 0 spiro atoms. The summed E-state index contributed by atoms with van der Waals surface area (Å²) in [5.74, 6) is -5.54. The van der Waals surface area contributed by atoms with E-state index in [4.69, 9.17) is 25.1 Å². The summed E-state index contributed by atoms with van der Waals surface area (Å²) in [5, 5.41) is 30.4. The third-order valence-corrected chi connectivity index (χ3v) is 12.7. The van der Waals surface area contributed by atoms with Crippen molar-refractivity contribution in [2.45, 2.75) is 94.5 Å². The highest BCUT2D eigenvalue weighted by Crippen LogP contribution is 2.72. The van der Waals surface area contributed by atoms with Crippen LogP contribution in [-0.2, 0) is 46.4 Å². The Labute approximate surface area is 304 Å². The van der Waals surface area contributed by atoms with Gasteiger partial charge in [0, 0.05) is 22.3 Å². The molecule has 1 saturated heterocycles. The minimum atomic E-state index is -2.41. The second kappa shape index (κ2) is 13.3. The van der Waals surface area contributed by atoms with E-state index in [-0.39, 0.29) is 31.4 Å². The van der Waals surface area contributed by atoms with Crippen molar-refractivity contribution in [3.05, 3.63) is 94.6 Å². The van der Waals surface area contributed by atoms with Crippen molar-refractivity contribution in [3.63, 3.8) is 0 Å². The summed E-state index contributed by atoms with van der Waals surface area (Å²) in [6.07, 6.45) is -2.72. The Hall–Kier alpha value is -4.14.